The van der Waals surface area contributed by atoms with Crippen molar-refractivity contribution in [2.75, 3.05) is 11.9 Å². The zero-order valence-corrected chi connectivity index (χ0v) is 19.6. The van der Waals surface area contributed by atoms with Crippen LogP contribution in [-0.2, 0) is 22.4 Å². The lowest BCUT2D eigenvalue weighted by Crippen LogP contribution is -2.17. The molecular weight excluding hydrogens is 432 g/mol. The van der Waals surface area contributed by atoms with Crippen molar-refractivity contribution in [1.29, 1.82) is 5.26 Å². The molecule has 0 spiro atoms. The maximum absolute atomic E-state index is 13.1. The van der Waals surface area contributed by atoms with E-state index in [1.165, 1.54) is 11.3 Å². The van der Waals surface area contributed by atoms with Gasteiger partial charge in [-0.2, -0.15) is 5.26 Å². The molecule has 0 saturated heterocycles. The van der Waals surface area contributed by atoms with Crippen molar-refractivity contribution >= 4 is 45.1 Å². The fourth-order valence-corrected chi connectivity index (χ4v) is 5.71. The molecule has 0 radical (unpaired) electrons. The third-order valence-electron chi connectivity index (χ3n) is 6.14. The van der Waals surface area contributed by atoms with Gasteiger partial charge in [-0.05, 0) is 60.1 Å². The summed E-state index contributed by atoms with van der Waals surface area (Å²) in [6, 6.07) is 15.6. The van der Waals surface area contributed by atoms with Crippen molar-refractivity contribution in [2.24, 2.45) is 5.92 Å². The second kappa shape index (κ2) is 10.0. The van der Waals surface area contributed by atoms with E-state index >= 15 is 0 Å². The molecule has 1 unspecified atom stereocenters. The third kappa shape index (κ3) is 4.69. The van der Waals surface area contributed by atoms with Crippen molar-refractivity contribution in [3.63, 3.8) is 0 Å². The van der Waals surface area contributed by atoms with Crippen molar-refractivity contribution in [3.05, 3.63) is 69.6 Å². The third-order valence-corrected chi connectivity index (χ3v) is 7.31. The number of esters is 1. The predicted octanol–water partition coefficient (Wildman–Crippen LogP) is 6.14. The first-order chi connectivity index (χ1) is 16.0. The van der Waals surface area contributed by atoms with Crippen LogP contribution in [0.15, 0.2) is 48.0 Å². The number of nitrogens with zero attached hydrogens (tertiary/aromatic N) is 1. The molecule has 1 N–H and O–H groups in total. The molecule has 1 aliphatic rings. The van der Waals surface area contributed by atoms with E-state index in [0.29, 0.717) is 16.5 Å². The Hall–Kier alpha value is -3.43. The topological polar surface area (TPSA) is 79.2 Å². The monoisotopic (exact) mass is 458 g/mol. The average molecular weight is 459 g/mol. The molecule has 33 heavy (non-hydrogen) atoms. The van der Waals surface area contributed by atoms with Gasteiger partial charge in [0.25, 0.3) is 5.91 Å². The molecule has 1 heterocycles. The zero-order chi connectivity index (χ0) is 23.4. The van der Waals surface area contributed by atoms with Gasteiger partial charge in [-0.1, -0.05) is 55.8 Å². The first-order valence-electron chi connectivity index (χ1n) is 11.3. The summed E-state index contributed by atoms with van der Waals surface area (Å²) in [5, 5.41) is 15.0. The molecule has 0 bridgehead atoms. The summed E-state index contributed by atoms with van der Waals surface area (Å²) in [5.74, 6) is -0.367. The highest BCUT2D eigenvalue weighted by Gasteiger charge is 2.30. The van der Waals surface area contributed by atoms with Crippen LogP contribution >= 0.6 is 11.3 Å². The fraction of sp³-hybridized carbons (Fsp3) is 0.296. The molecule has 0 saturated carbocycles. The van der Waals surface area contributed by atoms with Gasteiger partial charge in [-0.3, -0.25) is 4.79 Å². The lowest BCUT2D eigenvalue weighted by atomic mass is 9.85. The highest BCUT2D eigenvalue weighted by molar-refractivity contribution is 7.17. The minimum absolute atomic E-state index is 0.0148. The molecule has 1 atom stereocenters. The summed E-state index contributed by atoms with van der Waals surface area (Å²) in [5.41, 5.74) is 2.21. The number of fused-ring (bicyclic) bond motifs is 2. The molecule has 4 rings (SSSR count). The maximum atomic E-state index is 13.1. The van der Waals surface area contributed by atoms with E-state index in [9.17, 15) is 14.9 Å². The van der Waals surface area contributed by atoms with Gasteiger partial charge in [-0.25, -0.2) is 4.79 Å². The Morgan fingerprint density at radius 3 is 2.76 bits per heavy atom. The van der Waals surface area contributed by atoms with Gasteiger partial charge in [0, 0.05) is 4.88 Å². The van der Waals surface area contributed by atoms with Crippen molar-refractivity contribution < 1.29 is 14.3 Å². The second-order valence-electron chi connectivity index (χ2n) is 8.14. The molecule has 1 aliphatic carbocycles. The van der Waals surface area contributed by atoms with E-state index in [0.717, 1.165) is 52.5 Å². The number of nitriles is 1. The van der Waals surface area contributed by atoms with Crippen molar-refractivity contribution in [2.45, 2.75) is 39.5 Å². The summed E-state index contributed by atoms with van der Waals surface area (Å²) >= 11 is 1.43. The van der Waals surface area contributed by atoms with Gasteiger partial charge >= 0.3 is 5.97 Å². The predicted molar refractivity (Wildman–Crippen MR) is 132 cm³/mol. The summed E-state index contributed by atoms with van der Waals surface area (Å²) < 4.78 is 5.30. The number of ether oxygens (including phenoxy) is 1. The van der Waals surface area contributed by atoms with Crippen LogP contribution in [0.25, 0.3) is 16.8 Å². The molecule has 6 heteroatoms. The van der Waals surface area contributed by atoms with E-state index in [1.54, 1.807) is 13.0 Å². The van der Waals surface area contributed by atoms with Gasteiger partial charge in [0.05, 0.1) is 12.2 Å². The van der Waals surface area contributed by atoms with E-state index in [1.807, 2.05) is 48.5 Å². The molecule has 0 fully saturated rings. The standard InChI is InChI=1S/C27H26N2O3S/c1-3-17-12-13-22-23(14-17)33-26(24(22)27(31)32-4-2)29-25(30)20(16-28)15-19-10-7-9-18-8-5-6-11-21(18)19/h5-11,15,17H,3-4,12-14H2,1-2H3,(H,29,30)/b20-15+. The highest BCUT2D eigenvalue weighted by Crippen LogP contribution is 2.41. The largest absolute Gasteiger partial charge is 0.462 e. The summed E-state index contributed by atoms with van der Waals surface area (Å²) in [4.78, 5) is 27.0. The molecule has 0 aliphatic heterocycles. The Balaban J connectivity index is 1.68. The average Bonchev–Trinajstić information content (AvgIpc) is 3.19. The van der Waals surface area contributed by atoms with Crippen molar-refractivity contribution in [3.8, 4) is 6.07 Å². The first kappa shape index (κ1) is 22.8. The van der Waals surface area contributed by atoms with Crippen LogP contribution in [0.5, 0.6) is 0 Å². The van der Waals surface area contributed by atoms with Gasteiger partial charge in [-0.15, -0.1) is 11.3 Å². The maximum Gasteiger partial charge on any atom is 0.341 e. The highest BCUT2D eigenvalue weighted by atomic mass is 32.1. The summed E-state index contributed by atoms with van der Waals surface area (Å²) in [6.45, 7) is 4.21. The van der Waals surface area contributed by atoms with Crippen LogP contribution < -0.4 is 5.32 Å². The number of benzene rings is 2. The van der Waals surface area contributed by atoms with Crippen molar-refractivity contribution in [1.82, 2.24) is 0 Å². The number of carbonyl (C=O) groups is 2. The molecule has 168 valence electrons. The Morgan fingerprint density at radius 1 is 1.21 bits per heavy atom. The molecule has 2 aromatic carbocycles. The van der Waals surface area contributed by atoms with E-state index in [4.69, 9.17) is 4.74 Å². The fourth-order valence-electron chi connectivity index (χ4n) is 4.36. The van der Waals surface area contributed by atoms with E-state index in [-0.39, 0.29) is 12.2 Å². The summed E-state index contributed by atoms with van der Waals surface area (Å²) in [6.07, 6.45) is 5.40. The normalized spacial score (nSPS) is 15.5. The molecule has 1 aromatic heterocycles. The first-order valence-corrected chi connectivity index (χ1v) is 12.1. The minimum atomic E-state index is -0.526. The molecule has 5 nitrogen and oxygen atoms in total. The molecule has 3 aromatic rings. The Bertz CT molecular complexity index is 1280. The Labute approximate surface area is 197 Å². The van der Waals surface area contributed by atoms with E-state index < -0.39 is 11.9 Å². The van der Waals surface area contributed by atoms with Gasteiger partial charge in [0.15, 0.2) is 0 Å². The smallest absolute Gasteiger partial charge is 0.341 e. The second-order valence-corrected chi connectivity index (χ2v) is 9.24. The van der Waals surface area contributed by atoms with Crippen LogP contribution in [0.2, 0.25) is 0 Å². The Kier molecular flexibility index (Phi) is 6.90. The van der Waals surface area contributed by atoms with Crippen LogP contribution in [0.1, 0.15) is 53.1 Å². The quantitative estimate of drug-likeness (QED) is 0.273. The number of nitrogens with one attached hydrogen (secondary N) is 1. The lowest BCUT2D eigenvalue weighted by Gasteiger charge is -2.20. The number of thiophene rings is 1. The minimum Gasteiger partial charge on any atom is -0.462 e. The van der Waals surface area contributed by atoms with Gasteiger partial charge in [0.2, 0.25) is 0 Å². The van der Waals surface area contributed by atoms with Crippen LogP contribution in [-0.4, -0.2) is 18.5 Å². The number of amides is 1. The summed E-state index contributed by atoms with van der Waals surface area (Å²) in [7, 11) is 0. The molecule has 1 amide bonds. The van der Waals surface area contributed by atoms with Crippen LogP contribution in [0, 0.1) is 17.2 Å². The van der Waals surface area contributed by atoms with Crippen LogP contribution in [0.3, 0.4) is 0 Å². The van der Waals surface area contributed by atoms with Crippen LogP contribution in [0.4, 0.5) is 5.00 Å². The van der Waals surface area contributed by atoms with Gasteiger partial charge in [0.1, 0.15) is 16.6 Å². The SMILES string of the molecule is CCOC(=O)c1c(NC(=O)/C(C#N)=C/c2cccc3ccccc23)sc2c1CCC(CC)C2. The number of rotatable bonds is 6. The number of hydrogen-bond donors (Lipinski definition) is 1. The van der Waals surface area contributed by atoms with Gasteiger partial charge < -0.3 is 10.1 Å². The zero-order valence-electron chi connectivity index (χ0n) is 18.8. The Morgan fingerprint density at radius 2 is 2.00 bits per heavy atom. The molecular formula is C27H26N2O3S. The van der Waals surface area contributed by atoms with E-state index in [2.05, 4.69) is 12.2 Å². The lowest BCUT2D eigenvalue weighted by molar-refractivity contribution is -0.112. The number of anilines is 1. The number of carbonyl (C=O) groups excluding carboxylic acids is 2. The number of hydrogen-bond acceptors (Lipinski definition) is 5.